The van der Waals surface area contributed by atoms with Crippen LogP contribution in [0.2, 0.25) is 0 Å². The maximum absolute atomic E-state index is 10.0. The number of unbranched alkanes of at least 4 members (excludes halogenated alkanes) is 1. The van der Waals surface area contributed by atoms with E-state index in [1.165, 1.54) is 26.2 Å². The maximum atomic E-state index is 10.0. The number of methoxy groups -OCH3 is 1. The average Bonchev–Trinajstić information content (AvgIpc) is 2.75. The molecule has 0 aromatic heterocycles. The lowest BCUT2D eigenvalue weighted by Gasteiger charge is -2.18. The summed E-state index contributed by atoms with van der Waals surface area (Å²) in [5.41, 5.74) is 2.19. The number of hydrogen-bond donors (Lipinski definition) is 4. The molecule has 0 aliphatic heterocycles. The van der Waals surface area contributed by atoms with Crippen molar-refractivity contribution >= 4 is 24.9 Å². The van der Waals surface area contributed by atoms with Gasteiger partial charge in [-0.25, -0.2) is 0 Å². The first-order valence-corrected chi connectivity index (χ1v) is 11.2. The van der Waals surface area contributed by atoms with Crippen molar-refractivity contribution in [2.24, 2.45) is 5.92 Å². The molecule has 33 heavy (non-hydrogen) atoms. The number of carbonyl (C=O) groups excluding carboxylic acids is 2. The van der Waals surface area contributed by atoms with Gasteiger partial charge in [0.1, 0.15) is 6.29 Å². The van der Waals surface area contributed by atoms with E-state index in [0.717, 1.165) is 24.1 Å². The minimum absolute atomic E-state index is 0.250. The van der Waals surface area contributed by atoms with E-state index in [-0.39, 0.29) is 6.47 Å². The molecule has 0 heterocycles. The van der Waals surface area contributed by atoms with E-state index < -0.39 is 0 Å². The molecule has 4 N–H and O–H groups in total. The smallest absolute Gasteiger partial charge is 0.290 e. The molecule has 0 aliphatic rings. The molecule has 194 valence electrons. The third kappa shape index (κ3) is 40.6. The molecule has 0 saturated carbocycles. The SMILES string of the molecule is CC=O.CCCCC(C)CO.CCNC(C)(C)C.COCc1ccc(NC=O)cc1.O=CO. The highest BCUT2D eigenvalue weighted by Crippen LogP contribution is 2.08. The van der Waals surface area contributed by atoms with Gasteiger partial charge in [0.15, 0.2) is 0 Å². The second-order valence-electron chi connectivity index (χ2n) is 7.94. The number of rotatable bonds is 9. The number of hydrogen-bond acceptors (Lipinski definition) is 6. The molecular weight excluding hydrogens is 424 g/mol. The van der Waals surface area contributed by atoms with Crippen LogP contribution in [0.5, 0.6) is 0 Å². The first-order chi connectivity index (χ1) is 15.6. The van der Waals surface area contributed by atoms with Crippen molar-refractivity contribution in [2.75, 3.05) is 25.6 Å². The summed E-state index contributed by atoms with van der Waals surface area (Å²) in [4.78, 5) is 27.2. The van der Waals surface area contributed by atoms with Crippen LogP contribution in [-0.2, 0) is 25.7 Å². The van der Waals surface area contributed by atoms with Crippen molar-refractivity contribution in [2.45, 2.75) is 79.9 Å². The van der Waals surface area contributed by atoms with Crippen molar-refractivity contribution in [3.63, 3.8) is 0 Å². The van der Waals surface area contributed by atoms with Gasteiger partial charge in [0.25, 0.3) is 6.47 Å². The highest BCUT2D eigenvalue weighted by atomic mass is 16.5. The van der Waals surface area contributed by atoms with Crippen LogP contribution in [0.25, 0.3) is 0 Å². The Morgan fingerprint density at radius 3 is 1.85 bits per heavy atom. The first kappa shape index (κ1) is 38.0. The van der Waals surface area contributed by atoms with Gasteiger partial charge < -0.3 is 30.4 Å². The van der Waals surface area contributed by atoms with Crippen LogP contribution in [-0.4, -0.2) is 55.2 Å². The van der Waals surface area contributed by atoms with Crippen molar-refractivity contribution in [1.82, 2.24) is 5.32 Å². The summed E-state index contributed by atoms with van der Waals surface area (Å²) in [5.74, 6) is 0.509. The van der Waals surface area contributed by atoms with Gasteiger partial charge >= 0.3 is 0 Å². The second kappa shape index (κ2) is 29.7. The molecule has 1 atom stereocenters. The zero-order chi connectivity index (χ0) is 26.5. The van der Waals surface area contributed by atoms with E-state index in [9.17, 15) is 4.79 Å². The fourth-order valence-corrected chi connectivity index (χ4v) is 2.11. The van der Waals surface area contributed by atoms with Gasteiger partial charge in [-0.3, -0.25) is 9.59 Å². The lowest BCUT2D eigenvalue weighted by molar-refractivity contribution is -0.122. The number of ether oxygens (including phenoxy) is 1. The molecule has 1 amide bonds. The molecule has 1 aromatic carbocycles. The number of aliphatic hydroxyl groups is 1. The summed E-state index contributed by atoms with van der Waals surface area (Å²) in [7, 11) is 1.65. The number of carboxylic acid groups (broad SMARTS) is 1. The van der Waals surface area contributed by atoms with Gasteiger partial charge in [0, 0.05) is 24.9 Å². The normalized spacial score (nSPS) is 10.1. The Kier molecular flexibility index (Phi) is 34.2. The Morgan fingerprint density at radius 1 is 1.09 bits per heavy atom. The molecule has 1 rings (SSSR count). The van der Waals surface area contributed by atoms with Crippen molar-refractivity contribution in [1.29, 1.82) is 0 Å². The molecular formula is C25H48N2O6. The molecule has 8 heteroatoms. The Balaban J connectivity index is -0.000000176. The zero-order valence-electron chi connectivity index (χ0n) is 21.9. The number of nitrogens with one attached hydrogen (secondary N) is 2. The second-order valence-corrected chi connectivity index (χ2v) is 7.94. The van der Waals surface area contributed by atoms with Gasteiger partial charge in [-0.15, -0.1) is 0 Å². The minimum atomic E-state index is -0.250. The van der Waals surface area contributed by atoms with Gasteiger partial charge in [-0.2, -0.15) is 0 Å². The van der Waals surface area contributed by atoms with Crippen LogP contribution in [0.15, 0.2) is 24.3 Å². The molecule has 0 aliphatic carbocycles. The van der Waals surface area contributed by atoms with Gasteiger partial charge in [0.05, 0.1) is 6.61 Å². The largest absolute Gasteiger partial charge is 0.483 e. The number of aliphatic hydroxyl groups excluding tert-OH is 1. The number of benzene rings is 1. The Bertz CT molecular complexity index is 525. The summed E-state index contributed by atoms with van der Waals surface area (Å²) >= 11 is 0. The van der Waals surface area contributed by atoms with E-state index in [2.05, 4.69) is 52.2 Å². The maximum Gasteiger partial charge on any atom is 0.290 e. The van der Waals surface area contributed by atoms with Gasteiger partial charge in [0.2, 0.25) is 6.41 Å². The Hall–Kier alpha value is -2.29. The van der Waals surface area contributed by atoms with E-state index in [0.29, 0.717) is 31.1 Å². The van der Waals surface area contributed by atoms with E-state index in [4.69, 9.17) is 24.5 Å². The van der Waals surface area contributed by atoms with Crippen molar-refractivity contribution in [3.8, 4) is 0 Å². The highest BCUT2D eigenvalue weighted by molar-refractivity contribution is 5.70. The third-order valence-corrected chi connectivity index (χ3v) is 3.56. The van der Waals surface area contributed by atoms with Crippen LogP contribution in [0.4, 0.5) is 5.69 Å². The zero-order valence-corrected chi connectivity index (χ0v) is 21.9. The number of aldehydes is 1. The van der Waals surface area contributed by atoms with Crippen LogP contribution < -0.4 is 10.6 Å². The molecule has 0 saturated heterocycles. The van der Waals surface area contributed by atoms with E-state index >= 15 is 0 Å². The molecule has 0 fully saturated rings. The third-order valence-electron chi connectivity index (χ3n) is 3.56. The summed E-state index contributed by atoms with van der Waals surface area (Å²) in [6, 6.07) is 7.50. The van der Waals surface area contributed by atoms with Crippen molar-refractivity contribution < 1.29 is 29.3 Å². The van der Waals surface area contributed by atoms with Gasteiger partial charge in [-0.1, -0.05) is 45.7 Å². The fourth-order valence-electron chi connectivity index (χ4n) is 2.11. The summed E-state index contributed by atoms with van der Waals surface area (Å²) < 4.78 is 4.94. The molecule has 8 nitrogen and oxygen atoms in total. The number of carbonyl (C=O) groups is 3. The lowest BCUT2D eigenvalue weighted by Crippen LogP contribution is -2.35. The predicted molar refractivity (Wildman–Crippen MR) is 136 cm³/mol. The lowest BCUT2D eigenvalue weighted by atomic mass is 10.1. The minimum Gasteiger partial charge on any atom is -0.483 e. The average molecular weight is 473 g/mol. The molecule has 0 spiro atoms. The van der Waals surface area contributed by atoms with Crippen molar-refractivity contribution in [3.05, 3.63) is 29.8 Å². The van der Waals surface area contributed by atoms with Crippen LogP contribution >= 0.6 is 0 Å². The molecule has 0 bridgehead atoms. The molecule has 1 aromatic rings. The monoisotopic (exact) mass is 472 g/mol. The van der Waals surface area contributed by atoms with Gasteiger partial charge in [-0.05, 0) is 64.3 Å². The predicted octanol–water partition coefficient (Wildman–Crippen LogP) is 4.51. The quantitative estimate of drug-likeness (QED) is 0.390. The fraction of sp³-hybridized carbons (Fsp3) is 0.640. The van der Waals surface area contributed by atoms with Crippen LogP contribution in [0, 0.1) is 5.92 Å². The Morgan fingerprint density at radius 2 is 1.58 bits per heavy atom. The summed E-state index contributed by atoms with van der Waals surface area (Å²) in [5, 5.41) is 21.3. The number of amides is 1. The first-order valence-electron chi connectivity index (χ1n) is 11.2. The topological polar surface area (TPSA) is 125 Å². The molecule has 1 unspecified atom stereocenters. The van der Waals surface area contributed by atoms with Crippen LogP contribution in [0.3, 0.4) is 0 Å². The van der Waals surface area contributed by atoms with E-state index in [1.54, 1.807) is 7.11 Å². The van der Waals surface area contributed by atoms with E-state index in [1.807, 2.05) is 24.3 Å². The highest BCUT2D eigenvalue weighted by Gasteiger charge is 2.04. The van der Waals surface area contributed by atoms with Crippen LogP contribution in [0.1, 0.15) is 73.3 Å². The standard InChI is InChI=1S/C9H11NO2.C7H16O.C6H15N.C2H4O.CH2O2/c1-12-6-8-2-4-9(5-3-8)10-7-11;1-3-4-5-7(2)6-8;1-5-7-6(2,3)4;1-2-3;2-1-3/h2-5,7H,6H2,1H3,(H,10,11);7-8H,3-6H2,1-2H3;7H,5H2,1-4H3;2H,1H3;1H,(H,2,3). The number of anilines is 1. The molecule has 0 radical (unpaired) electrons. The Labute approximate surface area is 201 Å². The summed E-state index contributed by atoms with van der Waals surface area (Å²) in [6.45, 7) is 16.1. The summed E-state index contributed by atoms with van der Waals surface area (Å²) in [6.07, 6.45) is 5.07.